The highest BCUT2D eigenvalue weighted by molar-refractivity contribution is 7.99. The van der Waals surface area contributed by atoms with Crippen LogP contribution in [-0.4, -0.2) is 36.8 Å². The Bertz CT molecular complexity index is 670. The van der Waals surface area contributed by atoms with Crippen molar-refractivity contribution in [2.45, 2.75) is 5.75 Å². The highest BCUT2D eigenvalue weighted by Crippen LogP contribution is 2.10. The number of carboxylic acid groups (broad SMARTS) is 1. The molecule has 8 nitrogen and oxygen atoms in total. The van der Waals surface area contributed by atoms with Crippen LogP contribution < -0.4 is 11.2 Å². The van der Waals surface area contributed by atoms with Crippen LogP contribution in [-0.2, 0) is 10.5 Å². The second-order valence-corrected chi connectivity index (χ2v) is 4.19. The van der Waals surface area contributed by atoms with Crippen LogP contribution in [0.4, 0.5) is 0 Å². The second-order valence-electron chi connectivity index (χ2n) is 3.20. The third-order valence-electron chi connectivity index (χ3n) is 1.90. The topological polar surface area (TPSA) is 132 Å². The molecule has 0 aliphatic rings. The molecule has 2 aromatic rings. The van der Waals surface area contributed by atoms with Crippen LogP contribution in [0, 0.1) is 0 Å². The number of aromatic amines is 3. The molecule has 0 saturated carbocycles. The highest BCUT2D eigenvalue weighted by atomic mass is 32.2. The number of thioether (sulfide) groups is 1. The van der Waals surface area contributed by atoms with Crippen molar-refractivity contribution in [2.24, 2.45) is 0 Å². The Balaban J connectivity index is 2.26. The van der Waals surface area contributed by atoms with Crippen molar-refractivity contribution in [1.82, 2.24) is 19.9 Å². The molecular weight excluding hydrogens is 248 g/mol. The van der Waals surface area contributed by atoms with Gasteiger partial charge in [-0.05, 0) is 0 Å². The summed E-state index contributed by atoms with van der Waals surface area (Å²) in [6.45, 7) is 0. The zero-order valence-electron chi connectivity index (χ0n) is 8.44. The first-order valence-corrected chi connectivity index (χ1v) is 5.72. The standard InChI is InChI=1S/C8H8N4O4S/c13-4(14)2-17-1-3-9-5-6(10-3)11-8(16)12-7(5)15/h1-2H2,(H,13,14)(H3,9,10,11,12,15,16). The van der Waals surface area contributed by atoms with Crippen LogP contribution in [0.25, 0.3) is 11.2 Å². The van der Waals surface area contributed by atoms with Crippen LogP contribution >= 0.6 is 11.8 Å². The Morgan fingerprint density at radius 3 is 2.76 bits per heavy atom. The van der Waals surface area contributed by atoms with Gasteiger partial charge in [0.15, 0.2) is 5.65 Å². The Hall–Kier alpha value is -2.03. The van der Waals surface area contributed by atoms with E-state index in [9.17, 15) is 14.4 Å². The Kier molecular flexibility index (Phi) is 3.00. The Morgan fingerprint density at radius 2 is 2.06 bits per heavy atom. The van der Waals surface area contributed by atoms with Crippen molar-refractivity contribution >= 4 is 28.9 Å². The third kappa shape index (κ3) is 2.56. The fourth-order valence-electron chi connectivity index (χ4n) is 1.28. The molecule has 0 atom stereocenters. The van der Waals surface area contributed by atoms with E-state index >= 15 is 0 Å². The molecule has 0 aromatic carbocycles. The summed E-state index contributed by atoms with van der Waals surface area (Å²) in [7, 11) is 0. The van der Waals surface area contributed by atoms with Gasteiger partial charge in [0.25, 0.3) is 5.56 Å². The number of nitrogens with zero attached hydrogens (tertiary/aromatic N) is 1. The number of nitrogens with one attached hydrogen (secondary N) is 3. The largest absolute Gasteiger partial charge is 0.481 e. The van der Waals surface area contributed by atoms with Gasteiger partial charge in [0.1, 0.15) is 11.3 Å². The van der Waals surface area contributed by atoms with E-state index in [1.165, 1.54) is 0 Å². The molecular formula is C8H8N4O4S. The number of imidazole rings is 1. The van der Waals surface area contributed by atoms with E-state index in [0.717, 1.165) is 11.8 Å². The summed E-state index contributed by atoms with van der Waals surface area (Å²) in [4.78, 5) is 43.8. The normalized spacial score (nSPS) is 10.8. The lowest BCUT2D eigenvalue weighted by Gasteiger charge is -1.92. The molecule has 0 radical (unpaired) electrons. The fraction of sp³-hybridized carbons (Fsp3) is 0.250. The quantitative estimate of drug-likeness (QED) is 0.569. The minimum atomic E-state index is -0.919. The summed E-state index contributed by atoms with van der Waals surface area (Å²) >= 11 is 1.14. The number of carboxylic acids is 1. The van der Waals surface area contributed by atoms with E-state index in [2.05, 4.69) is 19.9 Å². The maximum Gasteiger partial charge on any atom is 0.327 e. The molecule has 0 bridgehead atoms. The van der Waals surface area contributed by atoms with Crippen molar-refractivity contribution in [2.75, 3.05) is 5.75 Å². The number of H-pyrrole nitrogens is 3. The number of hydrogen-bond acceptors (Lipinski definition) is 5. The van der Waals surface area contributed by atoms with Crippen LogP contribution in [0.2, 0.25) is 0 Å². The van der Waals surface area contributed by atoms with Gasteiger partial charge in [-0.1, -0.05) is 0 Å². The number of aliphatic carboxylic acids is 1. The Labute approximate surface area is 97.5 Å². The van der Waals surface area contributed by atoms with Crippen molar-refractivity contribution in [1.29, 1.82) is 0 Å². The molecule has 2 heterocycles. The minimum Gasteiger partial charge on any atom is -0.481 e. The molecule has 90 valence electrons. The van der Waals surface area contributed by atoms with E-state index in [-0.39, 0.29) is 16.9 Å². The predicted molar refractivity (Wildman–Crippen MR) is 61.1 cm³/mol. The van der Waals surface area contributed by atoms with Gasteiger partial charge >= 0.3 is 11.7 Å². The lowest BCUT2D eigenvalue weighted by atomic mass is 10.5. The van der Waals surface area contributed by atoms with E-state index in [1.54, 1.807) is 0 Å². The minimum absolute atomic E-state index is 0.0517. The zero-order valence-corrected chi connectivity index (χ0v) is 9.26. The first-order chi connectivity index (χ1) is 8.06. The SMILES string of the molecule is O=C(O)CSCc1nc2[nH]c(=O)[nH]c(=O)c2[nH]1. The monoisotopic (exact) mass is 256 g/mol. The average molecular weight is 256 g/mol. The summed E-state index contributed by atoms with van der Waals surface area (Å²) in [6.07, 6.45) is 0. The van der Waals surface area contributed by atoms with E-state index in [1.807, 2.05) is 0 Å². The highest BCUT2D eigenvalue weighted by Gasteiger charge is 2.08. The van der Waals surface area contributed by atoms with E-state index in [4.69, 9.17) is 5.11 Å². The first-order valence-electron chi connectivity index (χ1n) is 4.57. The predicted octanol–water partition coefficient (Wildman–Crippen LogP) is -0.743. The van der Waals surface area contributed by atoms with Gasteiger partial charge in [-0.25, -0.2) is 9.78 Å². The molecule has 0 spiro atoms. The lowest BCUT2D eigenvalue weighted by molar-refractivity contribution is -0.133. The van der Waals surface area contributed by atoms with Gasteiger partial charge in [0.05, 0.1) is 11.5 Å². The third-order valence-corrected chi connectivity index (χ3v) is 2.83. The van der Waals surface area contributed by atoms with Gasteiger partial charge in [-0.3, -0.25) is 19.6 Å². The molecule has 0 saturated heterocycles. The van der Waals surface area contributed by atoms with Gasteiger partial charge in [0.2, 0.25) is 0 Å². The molecule has 17 heavy (non-hydrogen) atoms. The molecule has 4 N–H and O–H groups in total. The molecule has 0 amide bonds. The van der Waals surface area contributed by atoms with Crippen molar-refractivity contribution in [3.63, 3.8) is 0 Å². The molecule has 2 aromatic heterocycles. The van der Waals surface area contributed by atoms with Gasteiger partial charge < -0.3 is 10.1 Å². The Morgan fingerprint density at radius 1 is 1.29 bits per heavy atom. The van der Waals surface area contributed by atoms with Gasteiger partial charge in [-0.2, -0.15) is 0 Å². The van der Waals surface area contributed by atoms with Crippen LogP contribution in [0.5, 0.6) is 0 Å². The molecule has 9 heteroatoms. The van der Waals surface area contributed by atoms with Crippen molar-refractivity contribution in [3.8, 4) is 0 Å². The molecule has 0 fully saturated rings. The number of carbonyl (C=O) groups is 1. The average Bonchev–Trinajstić information content (AvgIpc) is 2.60. The maximum absolute atomic E-state index is 11.3. The van der Waals surface area contributed by atoms with Gasteiger partial charge in [0, 0.05) is 0 Å². The summed E-state index contributed by atoms with van der Waals surface area (Å²) in [5, 5.41) is 8.46. The summed E-state index contributed by atoms with van der Waals surface area (Å²) < 4.78 is 0. The maximum atomic E-state index is 11.3. The second kappa shape index (κ2) is 4.45. The van der Waals surface area contributed by atoms with E-state index < -0.39 is 17.2 Å². The van der Waals surface area contributed by atoms with Crippen molar-refractivity contribution < 1.29 is 9.90 Å². The number of fused-ring (bicyclic) bond motifs is 1. The summed E-state index contributed by atoms with van der Waals surface area (Å²) in [5.41, 5.74) is -0.829. The summed E-state index contributed by atoms with van der Waals surface area (Å²) in [5.74, 6) is -0.206. The van der Waals surface area contributed by atoms with Crippen LogP contribution in [0.15, 0.2) is 9.59 Å². The van der Waals surface area contributed by atoms with Gasteiger partial charge in [-0.15, -0.1) is 11.8 Å². The molecule has 0 aliphatic carbocycles. The number of hydrogen-bond donors (Lipinski definition) is 4. The molecule has 0 unspecified atom stereocenters. The molecule has 0 aliphatic heterocycles. The fourth-order valence-corrected chi connectivity index (χ4v) is 1.89. The van der Waals surface area contributed by atoms with E-state index in [0.29, 0.717) is 11.6 Å². The van der Waals surface area contributed by atoms with Crippen molar-refractivity contribution in [3.05, 3.63) is 26.7 Å². The lowest BCUT2D eigenvalue weighted by Crippen LogP contribution is -2.21. The number of rotatable bonds is 4. The number of aromatic nitrogens is 4. The zero-order chi connectivity index (χ0) is 12.4. The summed E-state index contributed by atoms with van der Waals surface area (Å²) in [6, 6.07) is 0. The molecule has 2 rings (SSSR count). The first kappa shape index (κ1) is 11.5. The van der Waals surface area contributed by atoms with Crippen LogP contribution in [0.3, 0.4) is 0 Å². The van der Waals surface area contributed by atoms with Crippen LogP contribution in [0.1, 0.15) is 5.82 Å². The smallest absolute Gasteiger partial charge is 0.327 e.